The fourth-order valence-corrected chi connectivity index (χ4v) is 3.67. The number of halogens is 2. The van der Waals surface area contributed by atoms with Gasteiger partial charge >= 0.3 is 0 Å². The van der Waals surface area contributed by atoms with Gasteiger partial charge in [0.15, 0.2) is 15.6 Å². The van der Waals surface area contributed by atoms with Gasteiger partial charge in [-0.1, -0.05) is 34.4 Å². The van der Waals surface area contributed by atoms with Crippen molar-refractivity contribution in [1.29, 1.82) is 0 Å². The normalized spacial score (nSPS) is 14.1. The Kier molecular flexibility index (Phi) is 5.78. The van der Waals surface area contributed by atoms with Gasteiger partial charge in [-0.3, -0.25) is 10.0 Å². The predicted octanol–water partition coefficient (Wildman–Crippen LogP) is 2.89. The largest absolute Gasteiger partial charge is 0.356 e. The molecule has 1 heterocycles. The summed E-state index contributed by atoms with van der Waals surface area (Å²) in [6, 6.07) is 6.57. The molecule has 0 saturated carbocycles. The number of amides is 1. The summed E-state index contributed by atoms with van der Waals surface area (Å²) in [5, 5.41) is 13.5. The van der Waals surface area contributed by atoms with Crippen molar-refractivity contribution in [3.63, 3.8) is 0 Å². The molecular formula is C15H16Cl2N2O5S. The number of sulfone groups is 1. The molecule has 7 nitrogen and oxygen atoms in total. The highest BCUT2D eigenvalue weighted by atomic mass is 35.5. The minimum absolute atomic E-state index is 0.0968. The number of carbonyl (C=O) groups excluding carboxylic acids is 1. The van der Waals surface area contributed by atoms with E-state index < -0.39 is 20.5 Å². The van der Waals surface area contributed by atoms with Crippen molar-refractivity contribution >= 4 is 38.9 Å². The van der Waals surface area contributed by atoms with Gasteiger partial charge in [0.05, 0.1) is 21.3 Å². The van der Waals surface area contributed by atoms with Crippen LogP contribution in [0.3, 0.4) is 0 Å². The van der Waals surface area contributed by atoms with Crippen LogP contribution >= 0.6 is 23.2 Å². The van der Waals surface area contributed by atoms with Crippen LogP contribution in [0, 0.1) is 0 Å². The number of aryl methyl sites for hydroxylation is 1. The van der Waals surface area contributed by atoms with Crippen LogP contribution in [0.1, 0.15) is 19.0 Å². The molecule has 0 saturated heterocycles. The van der Waals surface area contributed by atoms with E-state index in [2.05, 4.69) is 5.16 Å². The van der Waals surface area contributed by atoms with E-state index in [4.69, 9.17) is 32.9 Å². The molecule has 2 rings (SSSR count). The number of hydrogen-bond acceptors (Lipinski definition) is 6. The first-order chi connectivity index (χ1) is 11.6. The molecule has 1 atom stereocenters. The Balaban J connectivity index is 2.26. The van der Waals surface area contributed by atoms with E-state index in [1.165, 1.54) is 12.4 Å². The van der Waals surface area contributed by atoms with E-state index in [0.29, 0.717) is 27.1 Å². The lowest BCUT2D eigenvalue weighted by Crippen LogP contribution is -2.49. The monoisotopic (exact) mass is 406 g/mol. The minimum Gasteiger partial charge on any atom is -0.356 e. The molecular weight excluding hydrogens is 391 g/mol. The predicted molar refractivity (Wildman–Crippen MR) is 93.5 cm³/mol. The number of hydroxylamine groups is 1. The van der Waals surface area contributed by atoms with E-state index in [0.717, 1.165) is 6.26 Å². The van der Waals surface area contributed by atoms with E-state index in [1.807, 2.05) is 0 Å². The van der Waals surface area contributed by atoms with Gasteiger partial charge in [0, 0.05) is 12.3 Å². The zero-order valence-corrected chi connectivity index (χ0v) is 15.7. The molecule has 136 valence electrons. The molecule has 25 heavy (non-hydrogen) atoms. The third kappa shape index (κ3) is 3.98. The highest BCUT2D eigenvalue weighted by molar-refractivity contribution is 7.92. The molecule has 1 aromatic heterocycles. The molecule has 0 spiro atoms. The first-order valence-corrected chi connectivity index (χ1v) is 9.79. The molecule has 0 radical (unpaired) electrons. The number of benzene rings is 1. The molecule has 0 bridgehead atoms. The van der Waals surface area contributed by atoms with Crippen molar-refractivity contribution in [2.45, 2.75) is 24.5 Å². The van der Waals surface area contributed by atoms with Gasteiger partial charge in [-0.15, -0.1) is 0 Å². The van der Waals surface area contributed by atoms with Crippen LogP contribution in [0.15, 0.2) is 28.8 Å². The first kappa shape index (κ1) is 19.7. The van der Waals surface area contributed by atoms with Crippen molar-refractivity contribution < 1.29 is 22.9 Å². The number of nitrogens with one attached hydrogen (secondary N) is 1. The van der Waals surface area contributed by atoms with Gasteiger partial charge in [0.25, 0.3) is 5.91 Å². The van der Waals surface area contributed by atoms with Crippen LogP contribution in [0.4, 0.5) is 0 Å². The zero-order valence-electron chi connectivity index (χ0n) is 13.4. The summed E-state index contributed by atoms with van der Waals surface area (Å²) in [7, 11) is -3.78. The summed E-state index contributed by atoms with van der Waals surface area (Å²) < 4.78 is 27.3. The number of hydrogen-bond donors (Lipinski definition) is 2. The maximum Gasteiger partial charge on any atom is 0.264 e. The van der Waals surface area contributed by atoms with E-state index in [-0.39, 0.29) is 12.8 Å². The molecule has 1 unspecified atom stereocenters. The molecule has 2 aromatic rings. The molecule has 0 aliphatic rings. The number of carbonyl (C=O) groups is 1. The smallest absolute Gasteiger partial charge is 0.264 e. The average Bonchev–Trinajstić information content (AvgIpc) is 2.99. The SMILES string of the molecule is CC(CCc1cc(-c2c(Cl)cccc2Cl)on1)(C(=O)NO)S(C)(=O)=O. The topological polar surface area (TPSA) is 110 Å². The molecule has 10 heteroatoms. The van der Waals surface area contributed by atoms with Gasteiger partial charge in [0.2, 0.25) is 0 Å². The second-order valence-corrected chi connectivity index (χ2v) is 8.98. The quantitative estimate of drug-likeness (QED) is 0.563. The summed E-state index contributed by atoms with van der Waals surface area (Å²) in [5.41, 5.74) is 2.30. The summed E-state index contributed by atoms with van der Waals surface area (Å²) in [6.07, 6.45) is 0.961. The fraction of sp³-hybridized carbons (Fsp3) is 0.333. The van der Waals surface area contributed by atoms with Gasteiger partial charge in [-0.2, -0.15) is 0 Å². The van der Waals surface area contributed by atoms with Crippen LogP contribution < -0.4 is 5.48 Å². The third-order valence-corrected chi connectivity index (χ3v) is 6.68. The standard InChI is InChI=1S/C15H16Cl2N2O5S/c1-15(14(20)18-21,25(2,22)23)7-6-9-8-12(24-19-9)13-10(16)4-3-5-11(13)17/h3-5,8,21H,6-7H2,1-2H3,(H,18,20). The molecule has 0 aliphatic heterocycles. The zero-order chi connectivity index (χ0) is 18.8. The molecule has 1 aromatic carbocycles. The lowest BCUT2D eigenvalue weighted by Gasteiger charge is -2.24. The Labute approximate surface area is 154 Å². The van der Waals surface area contributed by atoms with Gasteiger partial charge in [0.1, 0.15) is 4.75 Å². The van der Waals surface area contributed by atoms with E-state index in [1.54, 1.807) is 24.3 Å². The van der Waals surface area contributed by atoms with Crippen LogP contribution in [-0.4, -0.2) is 35.7 Å². The van der Waals surface area contributed by atoms with Gasteiger partial charge < -0.3 is 4.52 Å². The molecule has 1 amide bonds. The minimum atomic E-state index is -3.78. The number of rotatable bonds is 6. The number of nitrogens with zero attached hydrogens (tertiary/aromatic N) is 1. The molecule has 0 fully saturated rings. The van der Waals surface area contributed by atoms with Crippen LogP contribution in [-0.2, 0) is 21.1 Å². The fourth-order valence-electron chi connectivity index (χ4n) is 2.23. The highest BCUT2D eigenvalue weighted by Gasteiger charge is 2.43. The Bertz CT molecular complexity index is 877. The van der Waals surface area contributed by atoms with Crippen molar-refractivity contribution in [3.05, 3.63) is 40.0 Å². The Morgan fingerprint density at radius 2 is 1.96 bits per heavy atom. The van der Waals surface area contributed by atoms with Crippen LogP contribution in [0.5, 0.6) is 0 Å². The van der Waals surface area contributed by atoms with Crippen molar-refractivity contribution in [2.24, 2.45) is 0 Å². The number of aromatic nitrogens is 1. The maximum absolute atomic E-state index is 11.9. The van der Waals surface area contributed by atoms with E-state index >= 15 is 0 Å². The Morgan fingerprint density at radius 3 is 2.48 bits per heavy atom. The van der Waals surface area contributed by atoms with E-state index in [9.17, 15) is 13.2 Å². The summed E-state index contributed by atoms with van der Waals surface area (Å²) in [5.74, 6) is -0.675. The first-order valence-electron chi connectivity index (χ1n) is 7.14. The van der Waals surface area contributed by atoms with Crippen molar-refractivity contribution in [3.8, 4) is 11.3 Å². The van der Waals surface area contributed by atoms with Crippen LogP contribution in [0.25, 0.3) is 11.3 Å². The second kappa shape index (κ2) is 7.33. The second-order valence-electron chi connectivity index (χ2n) is 5.72. The average molecular weight is 407 g/mol. The lowest BCUT2D eigenvalue weighted by atomic mass is 10.0. The summed E-state index contributed by atoms with van der Waals surface area (Å²) in [6.45, 7) is 1.24. The Morgan fingerprint density at radius 1 is 1.36 bits per heavy atom. The van der Waals surface area contributed by atoms with Crippen molar-refractivity contribution in [1.82, 2.24) is 10.6 Å². The van der Waals surface area contributed by atoms with Crippen LogP contribution in [0.2, 0.25) is 10.0 Å². The lowest BCUT2D eigenvalue weighted by molar-refractivity contribution is -0.131. The highest BCUT2D eigenvalue weighted by Crippen LogP contribution is 2.35. The van der Waals surface area contributed by atoms with Gasteiger partial charge in [-0.05, 0) is 31.9 Å². The maximum atomic E-state index is 11.9. The third-order valence-electron chi connectivity index (χ3n) is 4.03. The van der Waals surface area contributed by atoms with Crippen molar-refractivity contribution in [2.75, 3.05) is 6.26 Å². The molecule has 0 aliphatic carbocycles. The molecule has 2 N–H and O–H groups in total. The Hall–Kier alpha value is -1.61. The summed E-state index contributed by atoms with van der Waals surface area (Å²) in [4.78, 5) is 11.8. The summed E-state index contributed by atoms with van der Waals surface area (Å²) >= 11 is 12.2. The van der Waals surface area contributed by atoms with Gasteiger partial charge in [-0.25, -0.2) is 13.9 Å².